The third kappa shape index (κ3) is 2.53. The summed E-state index contributed by atoms with van der Waals surface area (Å²) < 4.78 is 12.7. The number of amides is 1. The minimum absolute atomic E-state index is 0.215. The van der Waals surface area contributed by atoms with Gasteiger partial charge in [-0.1, -0.05) is 12.1 Å². The summed E-state index contributed by atoms with van der Waals surface area (Å²) in [5.74, 6) is -0.808. The van der Waals surface area contributed by atoms with Crippen LogP contribution in [0.1, 0.15) is 15.9 Å². The number of anilines is 1. The molecule has 1 aromatic heterocycles. The highest BCUT2D eigenvalue weighted by molar-refractivity contribution is 6.05. The molecule has 0 saturated carbocycles. The molecule has 2 rings (SSSR count). The molecule has 18 heavy (non-hydrogen) atoms. The fourth-order valence-electron chi connectivity index (χ4n) is 1.65. The van der Waals surface area contributed by atoms with Gasteiger partial charge in [0.1, 0.15) is 0 Å². The molecule has 2 aromatic rings. The lowest BCUT2D eigenvalue weighted by Gasteiger charge is -2.17. The Morgan fingerprint density at radius 2 is 2.06 bits per heavy atom. The molecule has 1 amide bonds. The average molecular weight is 244 g/mol. The van der Waals surface area contributed by atoms with Crippen molar-refractivity contribution in [2.75, 3.05) is 11.9 Å². The van der Waals surface area contributed by atoms with E-state index in [0.29, 0.717) is 5.56 Å². The van der Waals surface area contributed by atoms with Crippen molar-refractivity contribution in [1.29, 1.82) is 0 Å². The summed E-state index contributed by atoms with van der Waals surface area (Å²) in [5.41, 5.74) is 2.23. The van der Waals surface area contributed by atoms with Crippen molar-refractivity contribution in [3.8, 4) is 0 Å². The number of nitrogens with zero attached hydrogens (tertiary/aromatic N) is 2. The molecule has 0 aliphatic rings. The van der Waals surface area contributed by atoms with Crippen molar-refractivity contribution in [3.63, 3.8) is 0 Å². The first-order valence-electron chi connectivity index (χ1n) is 5.54. The molecule has 0 N–H and O–H groups in total. The van der Waals surface area contributed by atoms with Crippen LogP contribution in [0.5, 0.6) is 0 Å². The topological polar surface area (TPSA) is 33.2 Å². The summed E-state index contributed by atoms with van der Waals surface area (Å²) in [6.07, 6.45) is 1.24. The van der Waals surface area contributed by atoms with Gasteiger partial charge in [-0.15, -0.1) is 0 Å². The van der Waals surface area contributed by atoms with Crippen LogP contribution in [0.25, 0.3) is 0 Å². The molecule has 0 bridgehead atoms. The maximum Gasteiger partial charge on any atom is 0.259 e. The van der Waals surface area contributed by atoms with Crippen LogP contribution in [0.15, 0.2) is 42.6 Å². The molecule has 0 aliphatic carbocycles. The van der Waals surface area contributed by atoms with Crippen molar-refractivity contribution in [2.45, 2.75) is 6.92 Å². The lowest BCUT2D eigenvalue weighted by molar-refractivity contribution is 0.0992. The third-order valence-corrected chi connectivity index (χ3v) is 2.67. The van der Waals surface area contributed by atoms with Gasteiger partial charge in [-0.3, -0.25) is 4.79 Å². The van der Waals surface area contributed by atoms with Gasteiger partial charge in [0.2, 0.25) is 5.95 Å². The highest BCUT2D eigenvalue weighted by Gasteiger charge is 2.13. The molecule has 0 unspecified atom stereocenters. The van der Waals surface area contributed by atoms with E-state index >= 15 is 0 Å². The Bertz CT molecular complexity index is 566. The Morgan fingerprint density at radius 1 is 1.28 bits per heavy atom. The number of hydrogen-bond acceptors (Lipinski definition) is 2. The van der Waals surface area contributed by atoms with Crippen LogP contribution < -0.4 is 4.90 Å². The Hall–Kier alpha value is -2.23. The van der Waals surface area contributed by atoms with Crippen LogP contribution in [0, 0.1) is 12.9 Å². The fourth-order valence-corrected chi connectivity index (χ4v) is 1.65. The second kappa shape index (κ2) is 4.96. The number of aromatic nitrogens is 1. The first kappa shape index (κ1) is 12.2. The number of hydrogen-bond donors (Lipinski definition) is 0. The number of benzene rings is 1. The molecule has 3 nitrogen and oxygen atoms in total. The Balaban J connectivity index is 2.26. The van der Waals surface area contributed by atoms with E-state index in [1.165, 1.54) is 23.2 Å². The molecule has 0 spiro atoms. The lowest BCUT2D eigenvalue weighted by Crippen LogP contribution is -2.26. The van der Waals surface area contributed by atoms with Gasteiger partial charge in [-0.25, -0.2) is 4.98 Å². The predicted molar refractivity (Wildman–Crippen MR) is 68.1 cm³/mol. The van der Waals surface area contributed by atoms with Crippen LogP contribution in [-0.4, -0.2) is 17.9 Å². The number of halogens is 1. The van der Waals surface area contributed by atoms with Crippen LogP contribution in [-0.2, 0) is 0 Å². The number of rotatable bonds is 2. The average Bonchev–Trinajstić information content (AvgIpc) is 2.38. The first-order valence-corrected chi connectivity index (χ1v) is 5.54. The van der Waals surface area contributed by atoms with Gasteiger partial charge in [-0.2, -0.15) is 4.39 Å². The van der Waals surface area contributed by atoms with Gasteiger partial charge < -0.3 is 4.90 Å². The van der Waals surface area contributed by atoms with Gasteiger partial charge in [0.15, 0.2) is 0 Å². The quantitative estimate of drug-likeness (QED) is 0.761. The molecular weight excluding hydrogens is 231 g/mol. The van der Waals surface area contributed by atoms with E-state index in [1.54, 1.807) is 7.05 Å². The van der Waals surface area contributed by atoms with Gasteiger partial charge >= 0.3 is 0 Å². The largest absolute Gasteiger partial charge is 0.311 e. The molecule has 92 valence electrons. The molecule has 1 heterocycles. The molecule has 0 radical (unpaired) electrons. The minimum atomic E-state index is -0.593. The second-order valence-electron chi connectivity index (χ2n) is 4.07. The number of pyridine rings is 1. The predicted octanol–water partition coefficient (Wildman–Crippen LogP) is 2.81. The second-order valence-corrected chi connectivity index (χ2v) is 4.07. The Labute approximate surface area is 105 Å². The van der Waals surface area contributed by atoms with Gasteiger partial charge in [-0.05, 0) is 36.8 Å². The molecule has 0 atom stereocenters. The van der Waals surface area contributed by atoms with Crippen LogP contribution in [0.4, 0.5) is 10.1 Å². The van der Waals surface area contributed by atoms with Gasteiger partial charge in [0.05, 0.1) is 5.56 Å². The normalized spacial score (nSPS) is 10.2. The van der Waals surface area contributed by atoms with E-state index in [9.17, 15) is 9.18 Å². The number of aryl methyl sites for hydroxylation is 1. The number of carbonyl (C=O) groups is 1. The van der Waals surface area contributed by atoms with Crippen LogP contribution in [0.2, 0.25) is 0 Å². The van der Waals surface area contributed by atoms with Crippen molar-refractivity contribution in [2.24, 2.45) is 0 Å². The summed E-state index contributed by atoms with van der Waals surface area (Å²) in [7, 11) is 1.68. The zero-order valence-electron chi connectivity index (χ0n) is 10.2. The summed E-state index contributed by atoms with van der Waals surface area (Å²) in [4.78, 5) is 17.1. The van der Waals surface area contributed by atoms with E-state index in [4.69, 9.17) is 0 Å². The maximum atomic E-state index is 12.7. The first-order chi connectivity index (χ1) is 8.58. The lowest BCUT2D eigenvalue weighted by atomic mass is 10.2. The maximum absolute atomic E-state index is 12.7. The van der Waals surface area contributed by atoms with E-state index in [2.05, 4.69) is 4.98 Å². The molecule has 4 heteroatoms. The summed E-state index contributed by atoms with van der Waals surface area (Å²) in [6, 6.07) is 10.2. The molecule has 1 aromatic carbocycles. The summed E-state index contributed by atoms with van der Waals surface area (Å²) in [6.45, 7) is 1.96. The standard InChI is InChI=1S/C14H13FN2O/c1-10-4-3-5-12(8-10)17(2)14(18)11-6-7-13(15)16-9-11/h3-9H,1-2H3. The molecular formula is C14H13FN2O. The smallest absolute Gasteiger partial charge is 0.259 e. The molecule has 0 saturated heterocycles. The van der Waals surface area contributed by atoms with Gasteiger partial charge in [0.25, 0.3) is 5.91 Å². The number of carbonyl (C=O) groups excluding carboxylic acids is 1. The van der Waals surface area contributed by atoms with Crippen molar-refractivity contribution in [3.05, 3.63) is 59.7 Å². The molecule has 0 aliphatic heterocycles. The van der Waals surface area contributed by atoms with Crippen molar-refractivity contribution >= 4 is 11.6 Å². The minimum Gasteiger partial charge on any atom is -0.311 e. The Kier molecular flexibility index (Phi) is 3.37. The zero-order valence-corrected chi connectivity index (χ0v) is 10.2. The summed E-state index contributed by atoms with van der Waals surface area (Å²) >= 11 is 0. The SMILES string of the molecule is Cc1cccc(N(C)C(=O)c2ccc(F)nc2)c1. The van der Waals surface area contributed by atoms with Crippen molar-refractivity contribution in [1.82, 2.24) is 4.98 Å². The van der Waals surface area contributed by atoms with E-state index in [-0.39, 0.29) is 5.91 Å². The fraction of sp³-hybridized carbons (Fsp3) is 0.143. The zero-order chi connectivity index (χ0) is 13.1. The van der Waals surface area contributed by atoms with E-state index in [0.717, 1.165) is 11.3 Å². The van der Waals surface area contributed by atoms with Crippen LogP contribution in [0.3, 0.4) is 0 Å². The Morgan fingerprint density at radius 3 is 2.67 bits per heavy atom. The van der Waals surface area contributed by atoms with Gasteiger partial charge in [0, 0.05) is 18.9 Å². The van der Waals surface area contributed by atoms with E-state index < -0.39 is 5.95 Å². The summed E-state index contributed by atoms with van der Waals surface area (Å²) in [5, 5.41) is 0. The highest BCUT2D eigenvalue weighted by atomic mass is 19.1. The van der Waals surface area contributed by atoms with Crippen molar-refractivity contribution < 1.29 is 9.18 Å². The monoisotopic (exact) mass is 244 g/mol. The third-order valence-electron chi connectivity index (χ3n) is 2.67. The van der Waals surface area contributed by atoms with E-state index in [1.807, 2.05) is 31.2 Å². The highest BCUT2D eigenvalue weighted by Crippen LogP contribution is 2.16. The molecule has 0 fully saturated rings. The van der Waals surface area contributed by atoms with Crippen LogP contribution >= 0.6 is 0 Å².